The first kappa shape index (κ1) is 20.2. The van der Waals surface area contributed by atoms with Crippen molar-refractivity contribution in [1.29, 1.82) is 0 Å². The van der Waals surface area contributed by atoms with Crippen LogP contribution in [-0.2, 0) is 12.8 Å². The van der Waals surface area contributed by atoms with Crippen molar-refractivity contribution < 1.29 is 4.74 Å². The Morgan fingerprint density at radius 2 is 1.10 bits per heavy atom. The van der Waals surface area contributed by atoms with Gasteiger partial charge in [-0.2, -0.15) is 0 Å². The first-order valence-electron chi connectivity index (χ1n) is 10.0. The van der Waals surface area contributed by atoms with Gasteiger partial charge in [0.1, 0.15) is 11.5 Å². The molecule has 4 rings (SSSR count). The number of nitrogens with zero attached hydrogens (tertiary/aromatic N) is 4. The molecule has 0 saturated carbocycles. The van der Waals surface area contributed by atoms with E-state index in [2.05, 4.69) is 33.1 Å². The molecule has 2 aromatic carbocycles. The van der Waals surface area contributed by atoms with Crippen LogP contribution in [0.1, 0.15) is 11.4 Å². The van der Waals surface area contributed by atoms with Crippen LogP contribution in [0.25, 0.3) is 22.8 Å². The summed E-state index contributed by atoms with van der Waals surface area (Å²) in [5.74, 6) is 2.54. The van der Waals surface area contributed by atoms with Crippen molar-refractivity contribution in [2.45, 2.75) is 12.8 Å². The van der Waals surface area contributed by atoms with Crippen molar-refractivity contribution in [1.82, 2.24) is 19.9 Å². The Morgan fingerprint density at radius 1 is 0.645 bits per heavy atom. The van der Waals surface area contributed by atoms with Gasteiger partial charge in [0, 0.05) is 36.6 Å². The maximum atomic E-state index is 6.35. The zero-order valence-corrected chi connectivity index (χ0v) is 17.1. The monoisotopic (exact) mass is 406 g/mol. The van der Waals surface area contributed by atoms with Crippen LogP contribution in [0.2, 0.25) is 0 Å². The highest BCUT2D eigenvalue weighted by atomic mass is 16.5. The largest absolute Gasteiger partial charge is 0.456 e. The average Bonchev–Trinajstić information content (AvgIpc) is 2.81. The molecule has 2 heterocycles. The van der Waals surface area contributed by atoms with Crippen LogP contribution in [-0.4, -0.2) is 19.9 Å². The molecule has 0 fully saturated rings. The van der Waals surface area contributed by atoms with Gasteiger partial charge in [0.2, 0.25) is 0 Å². The molecule has 0 amide bonds. The Kier molecular flexibility index (Phi) is 6.24. The van der Waals surface area contributed by atoms with Gasteiger partial charge < -0.3 is 4.74 Å². The summed E-state index contributed by atoms with van der Waals surface area (Å²) in [7, 11) is 0. The second-order valence-corrected chi connectivity index (χ2v) is 6.82. The lowest BCUT2D eigenvalue weighted by Gasteiger charge is -2.14. The van der Waals surface area contributed by atoms with Gasteiger partial charge in [0.25, 0.3) is 0 Å². The van der Waals surface area contributed by atoms with Crippen molar-refractivity contribution in [3.63, 3.8) is 0 Å². The van der Waals surface area contributed by atoms with Crippen LogP contribution < -0.4 is 4.74 Å². The van der Waals surface area contributed by atoms with Crippen LogP contribution in [0.3, 0.4) is 0 Å². The van der Waals surface area contributed by atoms with Crippen molar-refractivity contribution in [3.8, 4) is 34.3 Å². The summed E-state index contributed by atoms with van der Waals surface area (Å²) >= 11 is 0. The van der Waals surface area contributed by atoms with Crippen LogP contribution in [0, 0.1) is 0 Å². The minimum atomic E-state index is 0.608. The van der Waals surface area contributed by atoms with E-state index in [0.717, 1.165) is 22.5 Å². The van der Waals surface area contributed by atoms with Gasteiger partial charge in [-0.15, -0.1) is 13.2 Å². The molecule has 0 radical (unpaired) electrons. The predicted molar refractivity (Wildman–Crippen MR) is 123 cm³/mol. The van der Waals surface area contributed by atoms with Crippen molar-refractivity contribution in [2.75, 3.05) is 0 Å². The third-order valence-corrected chi connectivity index (χ3v) is 4.61. The fraction of sp³-hybridized carbons (Fsp3) is 0.0769. The van der Waals surface area contributed by atoms with E-state index in [9.17, 15) is 0 Å². The number of hydrogen-bond donors (Lipinski definition) is 0. The SMILES string of the molecule is C=CCc1ccnc(-c2ccccc2Oc2ccccc2-c2nccc(CC=C)n2)n1. The molecule has 0 atom stereocenters. The van der Waals surface area contributed by atoms with Crippen molar-refractivity contribution >= 4 is 0 Å². The van der Waals surface area contributed by atoms with Crippen LogP contribution >= 0.6 is 0 Å². The van der Waals surface area contributed by atoms with E-state index in [1.54, 1.807) is 12.4 Å². The third-order valence-electron chi connectivity index (χ3n) is 4.61. The van der Waals surface area contributed by atoms with E-state index in [-0.39, 0.29) is 0 Å². The smallest absolute Gasteiger partial charge is 0.163 e. The Balaban J connectivity index is 1.72. The van der Waals surface area contributed by atoms with E-state index in [1.165, 1.54) is 0 Å². The lowest BCUT2D eigenvalue weighted by Crippen LogP contribution is -1.98. The molecule has 0 aliphatic rings. The molecule has 5 heteroatoms. The van der Waals surface area contributed by atoms with E-state index in [4.69, 9.17) is 4.74 Å². The molecule has 0 N–H and O–H groups in total. The number of allylic oxidation sites excluding steroid dienone is 2. The summed E-state index contributed by atoms with van der Waals surface area (Å²) in [6, 6.07) is 19.2. The molecule has 0 bridgehead atoms. The Morgan fingerprint density at radius 3 is 1.55 bits per heavy atom. The van der Waals surface area contributed by atoms with Gasteiger partial charge in [-0.3, -0.25) is 0 Å². The number of ether oxygens (including phenoxy) is 1. The van der Waals surface area contributed by atoms with Gasteiger partial charge in [0.05, 0.1) is 11.1 Å². The van der Waals surface area contributed by atoms with Gasteiger partial charge in [-0.25, -0.2) is 19.9 Å². The second-order valence-electron chi connectivity index (χ2n) is 6.82. The highest BCUT2D eigenvalue weighted by Crippen LogP contribution is 2.35. The summed E-state index contributed by atoms with van der Waals surface area (Å²) in [5, 5.41) is 0. The average molecular weight is 406 g/mol. The van der Waals surface area contributed by atoms with Gasteiger partial charge in [-0.05, 0) is 36.4 Å². The highest BCUT2D eigenvalue weighted by molar-refractivity contribution is 5.68. The maximum absolute atomic E-state index is 6.35. The first-order chi connectivity index (χ1) is 15.3. The molecule has 0 saturated heterocycles. The summed E-state index contributed by atoms with van der Waals surface area (Å²) in [4.78, 5) is 18.2. The Hall–Kier alpha value is -4.12. The van der Waals surface area contributed by atoms with Gasteiger partial charge in [-0.1, -0.05) is 36.4 Å². The summed E-state index contributed by atoms with van der Waals surface area (Å²) in [5.41, 5.74) is 3.43. The molecule has 0 aliphatic heterocycles. The van der Waals surface area contributed by atoms with Crippen LogP contribution in [0.4, 0.5) is 0 Å². The quantitative estimate of drug-likeness (QED) is 0.344. The number of benzene rings is 2. The fourth-order valence-corrected chi connectivity index (χ4v) is 3.17. The summed E-state index contributed by atoms with van der Waals surface area (Å²) in [6.07, 6.45) is 8.52. The predicted octanol–water partition coefficient (Wildman–Crippen LogP) is 5.85. The van der Waals surface area contributed by atoms with Crippen LogP contribution in [0.15, 0.2) is 98.4 Å². The van der Waals surface area contributed by atoms with Gasteiger partial charge in [0.15, 0.2) is 11.6 Å². The molecule has 0 unspecified atom stereocenters. The van der Waals surface area contributed by atoms with Crippen molar-refractivity contribution in [3.05, 3.63) is 110 Å². The van der Waals surface area contributed by atoms with Gasteiger partial charge >= 0.3 is 0 Å². The molecule has 0 spiro atoms. The lowest BCUT2D eigenvalue weighted by atomic mass is 10.1. The highest BCUT2D eigenvalue weighted by Gasteiger charge is 2.14. The first-order valence-corrected chi connectivity index (χ1v) is 10.0. The number of hydrogen-bond acceptors (Lipinski definition) is 5. The maximum Gasteiger partial charge on any atom is 0.163 e. The molecule has 0 aliphatic carbocycles. The number of aromatic nitrogens is 4. The molecule has 5 nitrogen and oxygen atoms in total. The summed E-state index contributed by atoms with van der Waals surface area (Å²) < 4.78 is 6.35. The minimum absolute atomic E-state index is 0.608. The fourth-order valence-electron chi connectivity index (χ4n) is 3.17. The third kappa shape index (κ3) is 4.73. The van der Waals surface area contributed by atoms with Crippen molar-refractivity contribution in [2.24, 2.45) is 0 Å². The number of rotatable bonds is 8. The molecule has 4 aromatic rings. The molecular weight excluding hydrogens is 384 g/mol. The van der Waals surface area contributed by atoms with E-state index in [0.29, 0.717) is 36.0 Å². The van der Waals surface area contributed by atoms with Crippen LogP contribution in [0.5, 0.6) is 11.5 Å². The molecule has 31 heavy (non-hydrogen) atoms. The normalized spacial score (nSPS) is 10.5. The van der Waals surface area contributed by atoms with E-state index in [1.807, 2.05) is 72.8 Å². The zero-order chi connectivity index (χ0) is 21.5. The molecule has 2 aromatic heterocycles. The number of para-hydroxylation sites is 2. The second kappa shape index (κ2) is 9.59. The minimum Gasteiger partial charge on any atom is -0.456 e. The Bertz CT molecular complexity index is 1120. The van der Waals surface area contributed by atoms with E-state index >= 15 is 0 Å². The summed E-state index contributed by atoms with van der Waals surface area (Å²) in [6.45, 7) is 7.57. The topological polar surface area (TPSA) is 60.8 Å². The Labute approximate surface area is 181 Å². The zero-order valence-electron chi connectivity index (χ0n) is 17.1. The molecule has 152 valence electrons. The molecular formula is C26H22N4O. The van der Waals surface area contributed by atoms with E-state index < -0.39 is 0 Å². The lowest BCUT2D eigenvalue weighted by molar-refractivity contribution is 0.485. The standard InChI is InChI=1S/C26H22N4O/c1-3-9-19-15-17-27-25(29-19)21-11-5-7-13-23(21)31-24-14-8-6-12-22(24)26-28-18-16-20(30-26)10-4-2/h3-8,11-18H,1-2,9-10H2.